The van der Waals surface area contributed by atoms with E-state index in [1.165, 1.54) is 0 Å². The van der Waals surface area contributed by atoms with E-state index in [1.54, 1.807) is 0 Å². The fourth-order valence-electron chi connectivity index (χ4n) is 1.81. The van der Waals surface area contributed by atoms with E-state index >= 15 is 0 Å². The molecule has 0 aliphatic heterocycles. The summed E-state index contributed by atoms with van der Waals surface area (Å²) in [6, 6.07) is 15.1. The lowest BCUT2D eigenvalue weighted by molar-refractivity contribution is 0.0457. The molecule has 2 rings (SSSR count). The molecule has 1 atom stereocenters. The molecule has 0 amide bonds. The molecule has 4 heteroatoms. The Morgan fingerprint density at radius 3 is 2.53 bits per heavy atom. The van der Waals surface area contributed by atoms with Gasteiger partial charge >= 0.3 is 0 Å². The average Bonchev–Trinajstić information content (AvgIpc) is 2.41. The van der Waals surface area contributed by atoms with Crippen molar-refractivity contribution in [3.05, 3.63) is 69.7 Å². The maximum absolute atomic E-state index is 6.09. The molecular formula is C15H15Cl2NO. The average molecular weight is 296 g/mol. The topological polar surface area (TPSA) is 35.2 Å². The van der Waals surface area contributed by atoms with Crippen LogP contribution in [0.1, 0.15) is 17.2 Å². The van der Waals surface area contributed by atoms with Crippen LogP contribution in [-0.4, -0.2) is 6.54 Å². The van der Waals surface area contributed by atoms with Gasteiger partial charge in [-0.2, -0.15) is 0 Å². The van der Waals surface area contributed by atoms with Crippen LogP contribution in [0, 0.1) is 0 Å². The van der Waals surface area contributed by atoms with Crippen LogP contribution in [0.3, 0.4) is 0 Å². The van der Waals surface area contributed by atoms with Crippen molar-refractivity contribution in [2.75, 3.05) is 6.54 Å². The Hall–Kier alpha value is -1.06. The molecule has 100 valence electrons. The van der Waals surface area contributed by atoms with Gasteiger partial charge < -0.3 is 10.5 Å². The summed E-state index contributed by atoms with van der Waals surface area (Å²) in [5, 5.41) is 1.38. The van der Waals surface area contributed by atoms with Crippen LogP contribution in [0.15, 0.2) is 48.5 Å². The molecule has 0 saturated heterocycles. The lowest BCUT2D eigenvalue weighted by Crippen LogP contribution is -2.15. The molecule has 0 bridgehead atoms. The van der Waals surface area contributed by atoms with Gasteiger partial charge in [-0.25, -0.2) is 0 Å². The first-order valence-corrected chi connectivity index (χ1v) is 6.77. The second-order valence-corrected chi connectivity index (χ2v) is 5.03. The molecule has 0 saturated carbocycles. The fourth-order valence-corrected chi connectivity index (χ4v) is 2.20. The summed E-state index contributed by atoms with van der Waals surface area (Å²) in [7, 11) is 0. The van der Waals surface area contributed by atoms with Gasteiger partial charge in [-0.3, -0.25) is 0 Å². The van der Waals surface area contributed by atoms with Gasteiger partial charge in [0.25, 0.3) is 0 Å². The molecule has 0 aromatic heterocycles. The second-order valence-electron chi connectivity index (χ2n) is 4.18. The zero-order valence-corrected chi connectivity index (χ0v) is 11.9. The third-order valence-electron chi connectivity index (χ3n) is 2.83. The predicted octanol–water partition coefficient (Wildman–Crippen LogP) is 4.21. The maximum Gasteiger partial charge on any atom is 0.0952 e. The van der Waals surface area contributed by atoms with Crippen LogP contribution in [-0.2, 0) is 11.3 Å². The van der Waals surface area contributed by atoms with Gasteiger partial charge in [0.15, 0.2) is 0 Å². The molecule has 0 fully saturated rings. The lowest BCUT2D eigenvalue weighted by atomic mass is 10.1. The Bertz CT molecular complexity index is 545. The zero-order valence-electron chi connectivity index (χ0n) is 10.4. The van der Waals surface area contributed by atoms with E-state index in [1.807, 2.05) is 48.5 Å². The summed E-state index contributed by atoms with van der Waals surface area (Å²) in [5.41, 5.74) is 7.68. The van der Waals surface area contributed by atoms with Crippen molar-refractivity contribution in [2.45, 2.75) is 12.7 Å². The normalized spacial score (nSPS) is 12.4. The third-order valence-corrected chi connectivity index (χ3v) is 3.44. The molecule has 2 N–H and O–H groups in total. The van der Waals surface area contributed by atoms with Crippen LogP contribution < -0.4 is 5.73 Å². The first-order chi connectivity index (χ1) is 9.20. The SMILES string of the molecule is NCC(OCc1ccccc1Cl)c1cccc(Cl)c1. The quantitative estimate of drug-likeness (QED) is 0.897. The Morgan fingerprint density at radius 2 is 1.84 bits per heavy atom. The molecule has 0 spiro atoms. The Balaban J connectivity index is 2.06. The van der Waals surface area contributed by atoms with E-state index in [-0.39, 0.29) is 6.10 Å². The minimum absolute atomic E-state index is 0.185. The van der Waals surface area contributed by atoms with Crippen molar-refractivity contribution >= 4 is 23.2 Å². The van der Waals surface area contributed by atoms with Crippen LogP contribution in [0.25, 0.3) is 0 Å². The molecule has 2 aromatic rings. The number of halogens is 2. The van der Waals surface area contributed by atoms with Gasteiger partial charge in [0.2, 0.25) is 0 Å². The van der Waals surface area contributed by atoms with Gasteiger partial charge in [-0.1, -0.05) is 53.5 Å². The standard InChI is InChI=1S/C15H15Cl2NO/c16-13-6-3-5-11(8-13)15(9-18)19-10-12-4-1-2-7-14(12)17/h1-8,15H,9-10,18H2. The first-order valence-electron chi connectivity index (χ1n) is 6.01. The molecule has 0 aliphatic carbocycles. The van der Waals surface area contributed by atoms with Crippen molar-refractivity contribution < 1.29 is 4.74 Å². The summed E-state index contributed by atoms with van der Waals surface area (Å²) in [6.45, 7) is 0.818. The van der Waals surface area contributed by atoms with Gasteiger partial charge in [0, 0.05) is 16.6 Å². The van der Waals surface area contributed by atoms with Gasteiger partial charge in [0.1, 0.15) is 0 Å². The molecule has 19 heavy (non-hydrogen) atoms. The molecule has 2 aromatic carbocycles. The van der Waals surface area contributed by atoms with Crippen LogP contribution in [0.2, 0.25) is 10.0 Å². The number of rotatable bonds is 5. The van der Waals surface area contributed by atoms with E-state index in [0.717, 1.165) is 11.1 Å². The largest absolute Gasteiger partial charge is 0.367 e. The van der Waals surface area contributed by atoms with Gasteiger partial charge in [-0.15, -0.1) is 0 Å². The van der Waals surface area contributed by atoms with Crippen LogP contribution in [0.4, 0.5) is 0 Å². The Morgan fingerprint density at radius 1 is 1.05 bits per heavy atom. The highest BCUT2D eigenvalue weighted by molar-refractivity contribution is 6.31. The molecule has 0 radical (unpaired) electrons. The third kappa shape index (κ3) is 3.95. The van der Waals surface area contributed by atoms with E-state index in [9.17, 15) is 0 Å². The summed E-state index contributed by atoms with van der Waals surface area (Å²) in [4.78, 5) is 0. The van der Waals surface area contributed by atoms with Crippen molar-refractivity contribution in [1.29, 1.82) is 0 Å². The summed E-state index contributed by atoms with van der Waals surface area (Å²) in [5.74, 6) is 0. The summed E-state index contributed by atoms with van der Waals surface area (Å²) >= 11 is 12.1. The maximum atomic E-state index is 6.09. The van der Waals surface area contributed by atoms with Gasteiger partial charge in [0.05, 0.1) is 12.7 Å². The molecule has 0 heterocycles. The lowest BCUT2D eigenvalue weighted by Gasteiger charge is -2.17. The van der Waals surface area contributed by atoms with E-state index in [2.05, 4.69) is 0 Å². The monoisotopic (exact) mass is 295 g/mol. The first kappa shape index (κ1) is 14.4. The summed E-state index contributed by atoms with van der Waals surface area (Å²) < 4.78 is 5.83. The van der Waals surface area contributed by atoms with E-state index in [0.29, 0.717) is 23.2 Å². The van der Waals surface area contributed by atoms with Crippen molar-refractivity contribution in [1.82, 2.24) is 0 Å². The van der Waals surface area contributed by atoms with E-state index in [4.69, 9.17) is 33.7 Å². The molecule has 2 nitrogen and oxygen atoms in total. The Kier molecular flexibility index (Phi) is 5.23. The zero-order chi connectivity index (χ0) is 13.7. The number of benzene rings is 2. The highest BCUT2D eigenvalue weighted by Gasteiger charge is 2.11. The Labute approximate surface area is 123 Å². The summed E-state index contributed by atoms with van der Waals surface area (Å²) in [6.07, 6.45) is -0.185. The van der Waals surface area contributed by atoms with Crippen molar-refractivity contribution in [3.8, 4) is 0 Å². The van der Waals surface area contributed by atoms with E-state index < -0.39 is 0 Å². The molecule has 0 aliphatic rings. The highest BCUT2D eigenvalue weighted by atomic mass is 35.5. The number of hydrogen-bond acceptors (Lipinski definition) is 2. The number of hydrogen-bond donors (Lipinski definition) is 1. The van der Waals surface area contributed by atoms with Crippen molar-refractivity contribution in [3.63, 3.8) is 0 Å². The molecule has 1 unspecified atom stereocenters. The molecular weight excluding hydrogens is 281 g/mol. The van der Waals surface area contributed by atoms with Crippen LogP contribution in [0.5, 0.6) is 0 Å². The predicted molar refractivity (Wildman–Crippen MR) is 79.5 cm³/mol. The van der Waals surface area contributed by atoms with Gasteiger partial charge in [-0.05, 0) is 29.3 Å². The smallest absolute Gasteiger partial charge is 0.0952 e. The second kappa shape index (κ2) is 6.92. The van der Waals surface area contributed by atoms with Crippen molar-refractivity contribution in [2.24, 2.45) is 5.73 Å². The minimum Gasteiger partial charge on any atom is -0.367 e. The number of nitrogens with two attached hydrogens (primary N) is 1. The fraction of sp³-hybridized carbons (Fsp3) is 0.200. The number of ether oxygens (including phenoxy) is 1. The highest BCUT2D eigenvalue weighted by Crippen LogP contribution is 2.23. The minimum atomic E-state index is -0.185. The van der Waals surface area contributed by atoms with Crippen LogP contribution >= 0.6 is 23.2 Å².